The Balaban J connectivity index is 1.74. The number of hydrogen-bond donors (Lipinski definition) is 1. The van der Waals surface area contributed by atoms with Crippen LogP contribution in [0.15, 0.2) is 47.6 Å². The highest BCUT2D eigenvalue weighted by Gasteiger charge is 2.16. The van der Waals surface area contributed by atoms with Crippen molar-refractivity contribution in [1.29, 1.82) is 0 Å². The number of aromatic nitrogens is 3. The van der Waals surface area contributed by atoms with E-state index < -0.39 is 0 Å². The number of nitrogens with one attached hydrogen (secondary N) is 1. The summed E-state index contributed by atoms with van der Waals surface area (Å²) in [5.74, 6) is 2.78. The summed E-state index contributed by atoms with van der Waals surface area (Å²) in [6.45, 7) is 2.66. The van der Waals surface area contributed by atoms with Gasteiger partial charge in [0.1, 0.15) is 17.2 Å². The quantitative estimate of drug-likeness (QED) is 0.520. The number of carbonyl (C=O) groups excluding carboxylic acids is 1. The van der Waals surface area contributed by atoms with Gasteiger partial charge in [-0.3, -0.25) is 4.79 Å². The lowest BCUT2D eigenvalue weighted by Gasteiger charge is -2.10. The van der Waals surface area contributed by atoms with Crippen LogP contribution >= 0.6 is 11.8 Å². The molecule has 158 valence electrons. The molecule has 8 nitrogen and oxygen atoms in total. The number of amides is 1. The molecule has 30 heavy (non-hydrogen) atoms. The molecule has 0 saturated heterocycles. The number of nitrogens with zero attached hydrogens (tertiary/aromatic N) is 3. The molecule has 1 aromatic heterocycles. The van der Waals surface area contributed by atoms with Crippen molar-refractivity contribution in [2.45, 2.75) is 18.6 Å². The molecule has 0 aliphatic heterocycles. The fraction of sp³-hybridized carbons (Fsp3) is 0.286. The van der Waals surface area contributed by atoms with E-state index in [1.54, 1.807) is 33.5 Å². The minimum Gasteiger partial charge on any atom is -0.497 e. The number of methoxy groups -OCH3 is 3. The van der Waals surface area contributed by atoms with Crippen molar-refractivity contribution in [2.75, 3.05) is 32.4 Å². The number of anilines is 1. The Morgan fingerprint density at radius 2 is 1.70 bits per heavy atom. The Bertz CT molecular complexity index is 1000. The van der Waals surface area contributed by atoms with E-state index in [-0.39, 0.29) is 11.7 Å². The molecular weight excluding hydrogens is 404 g/mol. The molecule has 2 aromatic carbocycles. The third kappa shape index (κ3) is 5.04. The average Bonchev–Trinajstić information content (AvgIpc) is 3.20. The van der Waals surface area contributed by atoms with Crippen LogP contribution in [0.25, 0.3) is 11.4 Å². The number of hydrogen-bond acceptors (Lipinski definition) is 7. The van der Waals surface area contributed by atoms with Crippen molar-refractivity contribution in [3.8, 4) is 28.6 Å². The van der Waals surface area contributed by atoms with Crippen LogP contribution in [0.4, 0.5) is 5.69 Å². The molecule has 1 heterocycles. The first-order chi connectivity index (χ1) is 14.6. The molecular formula is C21H24N4O4S. The zero-order valence-corrected chi connectivity index (χ0v) is 18.2. The van der Waals surface area contributed by atoms with Gasteiger partial charge in [-0.1, -0.05) is 17.8 Å². The van der Waals surface area contributed by atoms with Crippen LogP contribution < -0.4 is 19.5 Å². The highest BCUT2D eigenvalue weighted by atomic mass is 32.2. The van der Waals surface area contributed by atoms with Gasteiger partial charge < -0.3 is 24.1 Å². The Hall–Kier alpha value is -3.20. The van der Waals surface area contributed by atoms with Crippen molar-refractivity contribution >= 4 is 23.4 Å². The van der Waals surface area contributed by atoms with Gasteiger partial charge in [-0.25, -0.2) is 0 Å². The molecule has 0 unspecified atom stereocenters. The normalized spacial score (nSPS) is 10.5. The van der Waals surface area contributed by atoms with Gasteiger partial charge in [-0.15, -0.1) is 10.2 Å². The van der Waals surface area contributed by atoms with E-state index in [4.69, 9.17) is 14.2 Å². The topological polar surface area (TPSA) is 87.5 Å². The summed E-state index contributed by atoms with van der Waals surface area (Å²) >= 11 is 1.33. The number of benzene rings is 2. The van der Waals surface area contributed by atoms with E-state index in [9.17, 15) is 4.79 Å². The van der Waals surface area contributed by atoms with Crippen LogP contribution in [-0.4, -0.2) is 47.8 Å². The molecule has 1 N–H and O–H groups in total. The minimum absolute atomic E-state index is 0.136. The lowest BCUT2D eigenvalue weighted by Crippen LogP contribution is -2.14. The van der Waals surface area contributed by atoms with Crippen molar-refractivity contribution in [3.63, 3.8) is 0 Å². The summed E-state index contributed by atoms with van der Waals surface area (Å²) in [4.78, 5) is 12.4. The second-order valence-electron chi connectivity index (χ2n) is 6.22. The summed E-state index contributed by atoms with van der Waals surface area (Å²) in [7, 11) is 4.79. The van der Waals surface area contributed by atoms with Crippen LogP contribution in [0.1, 0.15) is 6.92 Å². The second-order valence-corrected chi connectivity index (χ2v) is 7.16. The fourth-order valence-electron chi connectivity index (χ4n) is 2.86. The first-order valence-corrected chi connectivity index (χ1v) is 10.3. The molecule has 0 aliphatic rings. The summed E-state index contributed by atoms with van der Waals surface area (Å²) in [5.41, 5.74) is 1.51. The van der Waals surface area contributed by atoms with Crippen LogP contribution in [0.5, 0.6) is 17.2 Å². The molecule has 9 heteroatoms. The Kier molecular flexibility index (Phi) is 7.18. The first kappa shape index (κ1) is 21.5. The average molecular weight is 429 g/mol. The molecule has 0 atom stereocenters. The van der Waals surface area contributed by atoms with Gasteiger partial charge in [0.2, 0.25) is 5.91 Å². The molecule has 1 amide bonds. The zero-order valence-electron chi connectivity index (χ0n) is 17.3. The number of carbonyl (C=O) groups is 1. The van der Waals surface area contributed by atoms with Gasteiger partial charge in [0.15, 0.2) is 11.0 Å². The van der Waals surface area contributed by atoms with E-state index in [1.807, 2.05) is 41.8 Å². The first-order valence-electron chi connectivity index (χ1n) is 9.31. The van der Waals surface area contributed by atoms with E-state index >= 15 is 0 Å². The molecule has 0 radical (unpaired) electrons. The SMILES string of the molecule is CCn1c(SCC(=O)Nc2cccc(OC)c2)nnc1-c1cc(OC)cc(OC)c1. The van der Waals surface area contributed by atoms with E-state index in [1.165, 1.54) is 11.8 Å². The lowest BCUT2D eigenvalue weighted by molar-refractivity contribution is -0.113. The largest absolute Gasteiger partial charge is 0.497 e. The van der Waals surface area contributed by atoms with Crippen molar-refractivity contribution < 1.29 is 19.0 Å². The fourth-order valence-corrected chi connectivity index (χ4v) is 3.66. The molecule has 0 spiro atoms. The molecule has 3 rings (SSSR count). The zero-order chi connectivity index (χ0) is 21.5. The lowest BCUT2D eigenvalue weighted by atomic mass is 10.2. The standard InChI is InChI=1S/C21H24N4O4S/c1-5-25-20(14-9-17(28-3)12-18(10-14)29-4)23-24-21(25)30-13-19(26)22-15-7-6-8-16(11-15)27-2/h6-12H,5,13H2,1-4H3,(H,22,26). The van der Waals surface area contributed by atoms with E-state index in [0.717, 1.165) is 5.56 Å². The maximum absolute atomic E-state index is 12.4. The minimum atomic E-state index is -0.136. The van der Waals surface area contributed by atoms with Crippen molar-refractivity contribution in [3.05, 3.63) is 42.5 Å². The number of ether oxygens (including phenoxy) is 3. The number of rotatable bonds is 9. The highest BCUT2D eigenvalue weighted by molar-refractivity contribution is 7.99. The monoisotopic (exact) mass is 428 g/mol. The van der Waals surface area contributed by atoms with Gasteiger partial charge in [-0.05, 0) is 31.2 Å². The molecule has 0 saturated carbocycles. The summed E-state index contributed by atoms with van der Waals surface area (Å²) in [6, 6.07) is 12.8. The predicted molar refractivity (Wildman–Crippen MR) is 117 cm³/mol. The Morgan fingerprint density at radius 3 is 2.33 bits per heavy atom. The van der Waals surface area contributed by atoms with Crippen LogP contribution in [0.2, 0.25) is 0 Å². The van der Waals surface area contributed by atoms with Gasteiger partial charge in [0, 0.05) is 29.9 Å². The van der Waals surface area contributed by atoms with Crippen LogP contribution in [-0.2, 0) is 11.3 Å². The molecule has 0 bridgehead atoms. The molecule has 0 fully saturated rings. The number of thioether (sulfide) groups is 1. The van der Waals surface area contributed by atoms with E-state index in [0.29, 0.717) is 40.5 Å². The van der Waals surface area contributed by atoms with Gasteiger partial charge in [0.25, 0.3) is 0 Å². The second kappa shape index (κ2) is 10.0. The van der Waals surface area contributed by atoms with Crippen molar-refractivity contribution in [1.82, 2.24) is 14.8 Å². The summed E-state index contributed by atoms with van der Waals surface area (Å²) < 4.78 is 17.8. The molecule has 3 aromatic rings. The maximum atomic E-state index is 12.4. The van der Waals surface area contributed by atoms with Gasteiger partial charge in [0.05, 0.1) is 27.1 Å². The van der Waals surface area contributed by atoms with E-state index in [2.05, 4.69) is 15.5 Å². The van der Waals surface area contributed by atoms with Gasteiger partial charge in [-0.2, -0.15) is 0 Å². The van der Waals surface area contributed by atoms with Gasteiger partial charge >= 0.3 is 0 Å². The smallest absolute Gasteiger partial charge is 0.234 e. The van der Waals surface area contributed by atoms with Crippen molar-refractivity contribution in [2.24, 2.45) is 0 Å². The van der Waals surface area contributed by atoms with Crippen LogP contribution in [0, 0.1) is 0 Å². The summed E-state index contributed by atoms with van der Waals surface area (Å²) in [6.07, 6.45) is 0. The predicted octanol–water partition coefficient (Wildman–Crippen LogP) is 3.72. The van der Waals surface area contributed by atoms with Crippen LogP contribution in [0.3, 0.4) is 0 Å². The molecule has 0 aliphatic carbocycles. The summed E-state index contributed by atoms with van der Waals surface area (Å²) in [5, 5.41) is 12.1. The Morgan fingerprint density at radius 1 is 1.00 bits per heavy atom. The Labute approximate surface area is 179 Å². The third-order valence-corrected chi connectivity index (χ3v) is 5.30. The maximum Gasteiger partial charge on any atom is 0.234 e. The third-order valence-electron chi connectivity index (χ3n) is 4.33. The highest BCUT2D eigenvalue weighted by Crippen LogP contribution is 2.31.